The Kier molecular flexibility index (Phi) is 7.48. The second kappa shape index (κ2) is 10.5. The fourth-order valence-electron chi connectivity index (χ4n) is 3.19. The number of nitrogens with zero attached hydrogens (tertiary/aromatic N) is 4. The van der Waals surface area contributed by atoms with E-state index in [1.54, 1.807) is 32.0 Å². The van der Waals surface area contributed by atoms with Gasteiger partial charge in [-0.1, -0.05) is 0 Å². The number of aromatic nitrogens is 4. The maximum Gasteiger partial charge on any atom is 0.269 e. The lowest BCUT2D eigenvalue weighted by Crippen LogP contribution is -2.30. The molecule has 1 aromatic carbocycles. The van der Waals surface area contributed by atoms with Gasteiger partial charge in [0.1, 0.15) is 23.0 Å². The molecule has 1 amide bonds. The lowest BCUT2D eigenvalue weighted by Gasteiger charge is -2.09. The number of hydrogen-bond donors (Lipinski definition) is 3. The van der Waals surface area contributed by atoms with Crippen molar-refractivity contribution < 1.29 is 14.3 Å². The summed E-state index contributed by atoms with van der Waals surface area (Å²) in [5.41, 5.74) is 2.66. The van der Waals surface area contributed by atoms with Crippen LogP contribution in [0.15, 0.2) is 30.3 Å². The molecule has 0 saturated carbocycles. The number of anilines is 2. The van der Waals surface area contributed by atoms with Crippen molar-refractivity contribution in [2.75, 3.05) is 44.5 Å². The zero-order chi connectivity index (χ0) is 23.1. The van der Waals surface area contributed by atoms with Gasteiger partial charge < -0.3 is 25.4 Å². The number of benzene rings is 1. The van der Waals surface area contributed by atoms with Crippen LogP contribution in [0.3, 0.4) is 0 Å². The van der Waals surface area contributed by atoms with Gasteiger partial charge in [0.2, 0.25) is 5.95 Å². The van der Waals surface area contributed by atoms with Gasteiger partial charge in [0.05, 0.1) is 19.9 Å². The maximum absolute atomic E-state index is 12.7. The second-order valence-electron chi connectivity index (χ2n) is 7.04. The van der Waals surface area contributed by atoms with Crippen molar-refractivity contribution in [1.82, 2.24) is 25.1 Å². The van der Waals surface area contributed by atoms with E-state index in [2.05, 4.69) is 31.0 Å². The average molecular weight is 440 g/mol. The molecule has 0 saturated heterocycles. The fraction of sp³-hybridized carbons (Fsp3) is 0.364. The summed E-state index contributed by atoms with van der Waals surface area (Å²) in [5.74, 6) is 2.38. The molecule has 2 heterocycles. The molecule has 0 spiro atoms. The molecule has 32 heavy (non-hydrogen) atoms. The fourth-order valence-corrected chi connectivity index (χ4v) is 3.19. The summed E-state index contributed by atoms with van der Waals surface area (Å²) in [4.78, 5) is 21.5. The van der Waals surface area contributed by atoms with Gasteiger partial charge in [0, 0.05) is 44.0 Å². The summed E-state index contributed by atoms with van der Waals surface area (Å²) in [6, 6.07) is 9.06. The smallest absolute Gasteiger partial charge is 0.269 e. The van der Waals surface area contributed by atoms with E-state index < -0.39 is 0 Å². The number of aryl methyl sites for hydroxylation is 2. The molecule has 10 nitrogen and oxygen atoms in total. The summed E-state index contributed by atoms with van der Waals surface area (Å²) in [6.07, 6.45) is 0. The highest BCUT2D eigenvalue weighted by atomic mass is 16.5. The standard InChI is InChI=1S/C22H29N7O3/c1-6-23-20-11-14(2)26-22(27-20)25-10-9-24-21(30)18-13-17(28-29(18)3)16-12-15(31-4)7-8-19(16)32-5/h7-8,11-13H,6,9-10H2,1-5H3,(H,24,30)(H2,23,25,26,27). The highest BCUT2D eigenvalue weighted by molar-refractivity contribution is 5.94. The number of nitrogens with one attached hydrogen (secondary N) is 3. The number of carbonyl (C=O) groups excluding carboxylic acids is 1. The Morgan fingerprint density at radius 3 is 2.59 bits per heavy atom. The first kappa shape index (κ1) is 22.9. The molecule has 2 aromatic heterocycles. The van der Waals surface area contributed by atoms with Gasteiger partial charge in [-0.25, -0.2) is 4.98 Å². The third-order valence-corrected chi connectivity index (χ3v) is 4.70. The Labute approximate surface area is 187 Å². The minimum atomic E-state index is -0.228. The monoisotopic (exact) mass is 439 g/mol. The normalized spacial score (nSPS) is 10.5. The van der Waals surface area contributed by atoms with E-state index in [4.69, 9.17) is 9.47 Å². The quantitative estimate of drug-likeness (QED) is 0.413. The van der Waals surface area contributed by atoms with Crippen molar-refractivity contribution in [1.29, 1.82) is 0 Å². The Morgan fingerprint density at radius 2 is 1.88 bits per heavy atom. The van der Waals surface area contributed by atoms with E-state index in [9.17, 15) is 4.79 Å². The summed E-state index contributed by atoms with van der Waals surface area (Å²) >= 11 is 0. The average Bonchev–Trinajstić information content (AvgIpc) is 3.17. The maximum atomic E-state index is 12.7. The Balaban J connectivity index is 1.63. The molecule has 0 aliphatic heterocycles. The molecule has 0 bridgehead atoms. The van der Waals surface area contributed by atoms with E-state index in [1.165, 1.54) is 0 Å². The van der Waals surface area contributed by atoms with Crippen LogP contribution >= 0.6 is 0 Å². The zero-order valence-electron chi connectivity index (χ0n) is 19.0. The first-order valence-electron chi connectivity index (χ1n) is 10.3. The van der Waals surface area contributed by atoms with Crippen molar-refractivity contribution in [3.8, 4) is 22.8 Å². The number of amides is 1. The van der Waals surface area contributed by atoms with Crippen LogP contribution in [0.1, 0.15) is 23.1 Å². The zero-order valence-corrected chi connectivity index (χ0v) is 19.0. The minimum absolute atomic E-state index is 0.228. The molecule has 10 heteroatoms. The molecule has 0 aliphatic carbocycles. The topological polar surface area (TPSA) is 115 Å². The summed E-state index contributed by atoms with van der Waals surface area (Å²) < 4.78 is 12.3. The van der Waals surface area contributed by atoms with Crippen molar-refractivity contribution in [2.24, 2.45) is 7.05 Å². The lowest BCUT2D eigenvalue weighted by atomic mass is 10.1. The first-order valence-corrected chi connectivity index (χ1v) is 10.3. The number of hydrogen-bond acceptors (Lipinski definition) is 8. The SMILES string of the molecule is CCNc1cc(C)nc(NCCNC(=O)c2cc(-c3cc(OC)ccc3OC)nn2C)n1. The Bertz CT molecular complexity index is 1080. The van der Waals surface area contributed by atoms with Crippen molar-refractivity contribution >= 4 is 17.7 Å². The van der Waals surface area contributed by atoms with E-state index in [-0.39, 0.29) is 5.91 Å². The van der Waals surface area contributed by atoms with Crippen molar-refractivity contribution in [2.45, 2.75) is 13.8 Å². The van der Waals surface area contributed by atoms with Crippen LogP contribution in [0.25, 0.3) is 11.3 Å². The summed E-state index contributed by atoms with van der Waals surface area (Å²) in [5, 5.41) is 13.7. The van der Waals surface area contributed by atoms with E-state index in [0.29, 0.717) is 41.9 Å². The van der Waals surface area contributed by atoms with Crippen LogP contribution in [-0.4, -0.2) is 59.5 Å². The number of methoxy groups -OCH3 is 2. The minimum Gasteiger partial charge on any atom is -0.497 e. The summed E-state index contributed by atoms with van der Waals surface area (Å²) in [6.45, 7) is 5.58. The van der Waals surface area contributed by atoms with Crippen LogP contribution in [-0.2, 0) is 7.05 Å². The molecule has 3 N–H and O–H groups in total. The third kappa shape index (κ3) is 5.45. The second-order valence-corrected chi connectivity index (χ2v) is 7.04. The van der Waals surface area contributed by atoms with Crippen molar-refractivity contribution in [3.05, 3.63) is 41.7 Å². The van der Waals surface area contributed by atoms with E-state index in [0.717, 1.165) is 23.6 Å². The van der Waals surface area contributed by atoms with Gasteiger partial charge in [-0.3, -0.25) is 9.48 Å². The predicted octanol–water partition coefficient (Wildman–Crippen LogP) is 2.48. The highest BCUT2D eigenvalue weighted by Gasteiger charge is 2.17. The molecular formula is C22H29N7O3. The highest BCUT2D eigenvalue weighted by Crippen LogP contribution is 2.32. The lowest BCUT2D eigenvalue weighted by molar-refractivity contribution is 0.0945. The van der Waals surface area contributed by atoms with Crippen LogP contribution in [0, 0.1) is 6.92 Å². The number of rotatable bonds is 10. The molecule has 3 aromatic rings. The van der Waals surface area contributed by atoms with Gasteiger partial charge in [0.25, 0.3) is 5.91 Å². The number of ether oxygens (including phenoxy) is 2. The van der Waals surface area contributed by atoms with Gasteiger partial charge in [-0.15, -0.1) is 0 Å². The van der Waals surface area contributed by atoms with Crippen LogP contribution in [0.2, 0.25) is 0 Å². The molecule has 0 radical (unpaired) electrons. The molecule has 0 fully saturated rings. The van der Waals surface area contributed by atoms with Gasteiger partial charge >= 0.3 is 0 Å². The molecule has 0 atom stereocenters. The number of carbonyl (C=O) groups is 1. The molecule has 0 unspecified atom stereocenters. The Morgan fingerprint density at radius 1 is 1.06 bits per heavy atom. The van der Waals surface area contributed by atoms with Crippen molar-refractivity contribution in [3.63, 3.8) is 0 Å². The Hall–Kier alpha value is -3.82. The first-order chi connectivity index (χ1) is 15.4. The predicted molar refractivity (Wildman–Crippen MR) is 124 cm³/mol. The molecule has 0 aliphatic rings. The van der Waals surface area contributed by atoms with E-state index in [1.807, 2.05) is 38.1 Å². The van der Waals surface area contributed by atoms with E-state index >= 15 is 0 Å². The molecule has 3 rings (SSSR count). The molecule has 170 valence electrons. The largest absolute Gasteiger partial charge is 0.497 e. The van der Waals surface area contributed by atoms with Crippen LogP contribution < -0.4 is 25.4 Å². The van der Waals surface area contributed by atoms with Gasteiger partial charge in [-0.2, -0.15) is 10.1 Å². The van der Waals surface area contributed by atoms with Gasteiger partial charge in [0.15, 0.2) is 0 Å². The third-order valence-electron chi connectivity index (χ3n) is 4.70. The van der Waals surface area contributed by atoms with Crippen LogP contribution in [0.5, 0.6) is 11.5 Å². The van der Waals surface area contributed by atoms with Crippen LogP contribution in [0.4, 0.5) is 11.8 Å². The van der Waals surface area contributed by atoms with Gasteiger partial charge in [-0.05, 0) is 38.1 Å². The summed E-state index contributed by atoms with van der Waals surface area (Å²) in [7, 11) is 4.92. The molecular weight excluding hydrogens is 410 g/mol.